The quantitative estimate of drug-likeness (QED) is 0.203. The van der Waals surface area contributed by atoms with Crippen molar-refractivity contribution in [2.75, 3.05) is 45.5 Å². The summed E-state index contributed by atoms with van der Waals surface area (Å²) < 4.78 is 0.974. The number of benzene rings is 2. The molecule has 9 heteroatoms. The second-order valence-corrected chi connectivity index (χ2v) is 16.6. The van der Waals surface area contributed by atoms with Gasteiger partial charge in [-0.2, -0.15) is 0 Å². The molecule has 4 bridgehead atoms. The molecule has 0 saturated carbocycles. The lowest BCUT2D eigenvalue weighted by Gasteiger charge is -2.45. The minimum absolute atomic E-state index is 0.493. The molecule has 6 aliphatic heterocycles. The number of nitrogens with two attached hydrogens (primary N) is 1. The van der Waals surface area contributed by atoms with E-state index < -0.39 is 0 Å². The van der Waals surface area contributed by atoms with Crippen LogP contribution in [0.2, 0.25) is 0 Å². The third-order valence-electron chi connectivity index (χ3n) is 9.62. The highest BCUT2D eigenvalue weighted by molar-refractivity contribution is 8.23. The van der Waals surface area contributed by atoms with E-state index in [9.17, 15) is 0 Å². The molecule has 2 aromatic carbocycles. The van der Waals surface area contributed by atoms with Crippen LogP contribution in [0.15, 0.2) is 84.9 Å². The Morgan fingerprint density at radius 1 is 0.696 bits per heavy atom. The first-order valence-electron chi connectivity index (χ1n) is 16.4. The summed E-state index contributed by atoms with van der Waals surface area (Å²) >= 11 is 16.1. The summed E-state index contributed by atoms with van der Waals surface area (Å²) in [5, 5.41) is 3.63. The molecule has 6 saturated heterocycles. The topological polar surface area (TPSA) is 44.5 Å². The highest BCUT2D eigenvalue weighted by Crippen LogP contribution is 2.32. The van der Waals surface area contributed by atoms with Crippen LogP contribution in [0.25, 0.3) is 20.9 Å². The number of thiocarbonyl (C=S) groups is 2. The van der Waals surface area contributed by atoms with Gasteiger partial charge in [0.1, 0.15) is 4.99 Å². The van der Waals surface area contributed by atoms with Gasteiger partial charge < -0.3 is 20.9 Å². The standard InChI is InChI=1S/C18H20N2S2.C12H10S3.C7H14N2/c21-18(19-15-12-20-10-8-13(15)9-11-20)17-7-6-16(22-17)14-4-2-1-3-5-14;1-14-12(13)11-8-7-10(15-11)9-5-3-2-4-6-9;8-7-5-9-3-1-6(7)2-4-9/h1-7,13,15H,8-12H2,(H,19,21);2-8H,1H3;6-7H,1-5,8H2/t15-;;7-/m0.0/s1. The Labute approximate surface area is 297 Å². The van der Waals surface area contributed by atoms with Crippen LogP contribution in [0.3, 0.4) is 0 Å². The predicted molar refractivity (Wildman–Crippen MR) is 210 cm³/mol. The van der Waals surface area contributed by atoms with Crippen molar-refractivity contribution in [3.8, 4) is 20.9 Å². The average Bonchev–Trinajstić information content (AvgIpc) is 3.82. The molecule has 4 nitrogen and oxygen atoms in total. The van der Waals surface area contributed by atoms with Crippen LogP contribution in [0.4, 0.5) is 0 Å². The fourth-order valence-corrected chi connectivity index (χ4v) is 9.84. The highest BCUT2D eigenvalue weighted by Gasteiger charge is 2.34. The first kappa shape index (κ1) is 33.9. The lowest BCUT2D eigenvalue weighted by atomic mass is 9.84. The Kier molecular flexibility index (Phi) is 12.1. The van der Waals surface area contributed by atoms with E-state index in [0.717, 1.165) is 34.1 Å². The molecule has 4 aromatic rings. The zero-order valence-corrected chi connectivity index (χ0v) is 30.6. The van der Waals surface area contributed by atoms with Gasteiger partial charge in [0.05, 0.1) is 14.0 Å². The molecule has 2 aromatic heterocycles. The van der Waals surface area contributed by atoms with Gasteiger partial charge in [0.15, 0.2) is 0 Å². The number of thioether (sulfide) groups is 1. The van der Waals surface area contributed by atoms with Gasteiger partial charge >= 0.3 is 0 Å². The van der Waals surface area contributed by atoms with Crippen LogP contribution in [0.5, 0.6) is 0 Å². The van der Waals surface area contributed by atoms with Crippen molar-refractivity contribution in [3.63, 3.8) is 0 Å². The Morgan fingerprint density at radius 2 is 1.20 bits per heavy atom. The summed E-state index contributed by atoms with van der Waals surface area (Å²) in [4.78, 5) is 10.9. The first-order chi connectivity index (χ1) is 22.5. The van der Waals surface area contributed by atoms with Crippen LogP contribution >= 0.6 is 58.9 Å². The number of hydrogen-bond acceptors (Lipinski definition) is 8. The smallest absolute Gasteiger partial charge is 0.117 e. The van der Waals surface area contributed by atoms with E-state index in [1.54, 1.807) is 34.4 Å². The third kappa shape index (κ3) is 8.74. The Morgan fingerprint density at radius 3 is 1.63 bits per heavy atom. The summed E-state index contributed by atoms with van der Waals surface area (Å²) in [6, 6.07) is 30.5. The van der Waals surface area contributed by atoms with E-state index >= 15 is 0 Å². The molecule has 8 heterocycles. The second-order valence-electron chi connectivity index (χ2n) is 12.6. The van der Waals surface area contributed by atoms with Crippen molar-refractivity contribution in [1.82, 2.24) is 15.1 Å². The van der Waals surface area contributed by atoms with E-state index in [2.05, 4.69) is 94.0 Å². The minimum Gasteiger partial charge on any atom is -0.371 e. The molecule has 0 aliphatic carbocycles. The van der Waals surface area contributed by atoms with Gasteiger partial charge in [-0.25, -0.2) is 0 Å². The van der Waals surface area contributed by atoms with Crippen LogP contribution in [-0.2, 0) is 0 Å². The molecule has 10 rings (SSSR count). The first-order valence-corrected chi connectivity index (χ1v) is 20.0. The van der Waals surface area contributed by atoms with Crippen molar-refractivity contribution in [1.29, 1.82) is 0 Å². The molecule has 46 heavy (non-hydrogen) atoms. The average molecular weight is 705 g/mol. The van der Waals surface area contributed by atoms with Gasteiger partial charge in [0.25, 0.3) is 0 Å². The van der Waals surface area contributed by atoms with Crippen molar-refractivity contribution < 1.29 is 0 Å². The predicted octanol–water partition coefficient (Wildman–Crippen LogP) is 8.27. The van der Waals surface area contributed by atoms with E-state index in [1.165, 1.54) is 82.5 Å². The monoisotopic (exact) mass is 704 g/mol. The molecule has 0 spiro atoms. The number of nitrogens with one attached hydrogen (secondary N) is 1. The van der Waals surface area contributed by atoms with Gasteiger partial charge in [-0.1, -0.05) is 85.1 Å². The zero-order valence-electron chi connectivity index (χ0n) is 26.5. The number of nitrogens with zero attached hydrogens (tertiary/aromatic N) is 2. The maximum Gasteiger partial charge on any atom is 0.117 e. The molecule has 0 radical (unpaired) electrons. The van der Waals surface area contributed by atoms with E-state index in [0.29, 0.717) is 12.1 Å². The number of hydrogen-bond donors (Lipinski definition) is 2. The van der Waals surface area contributed by atoms with Gasteiger partial charge in [-0.3, -0.25) is 0 Å². The summed E-state index contributed by atoms with van der Waals surface area (Å²) in [6.45, 7) is 7.46. The maximum absolute atomic E-state index is 5.88. The Hall–Kier alpha value is -1.95. The summed E-state index contributed by atoms with van der Waals surface area (Å²) in [6.07, 6.45) is 7.35. The molecule has 3 N–H and O–H groups in total. The zero-order chi connectivity index (χ0) is 31.9. The largest absolute Gasteiger partial charge is 0.371 e. The number of fused-ring (bicyclic) bond motifs is 6. The van der Waals surface area contributed by atoms with Crippen LogP contribution in [0.1, 0.15) is 35.4 Å². The molecular formula is C37H44N4S5. The van der Waals surface area contributed by atoms with Crippen molar-refractivity contribution in [2.45, 2.75) is 37.8 Å². The van der Waals surface area contributed by atoms with Crippen LogP contribution in [-0.4, -0.2) is 76.6 Å². The van der Waals surface area contributed by atoms with Crippen molar-refractivity contribution >= 4 is 68.1 Å². The molecule has 0 amide bonds. The number of piperidine rings is 6. The molecule has 6 aliphatic rings. The normalized spacial score (nSPS) is 25.9. The van der Waals surface area contributed by atoms with Crippen LogP contribution in [0, 0.1) is 11.8 Å². The summed E-state index contributed by atoms with van der Waals surface area (Å²) in [5.41, 5.74) is 8.41. The fourth-order valence-electron chi connectivity index (χ4n) is 6.90. The maximum atomic E-state index is 5.88. The van der Waals surface area contributed by atoms with Crippen molar-refractivity contribution in [2.24, 2.45) is 17.6 Å². The van der Waals surface area contributed by atoms with Crippen LogP contribution < -0.4 is 11.1 Å². The highest BCUT2D eigenvalue weighted by atomic mass is 32.2. The Balaban J connectivity index is 0.000000133. The lowest BCUT2D eigenvalue weighted by molar-refractivity contribution is 0.0816. The molecule has 2 atom stereocenters. The van der Waals surface area contributed by atoms with Gasteiger partial charge in [0, 0.05) is 34.9 Å². The summed E-state index contributed by atoms with van der Waals surface area (Å²) in [7, 11) is 0. The molecule has 242 valence electrons. The second kappa shape index (κ2) is 16.4. The molecule has 0 unspecified atom stereocenters. The fraction of sp³-hybridized carbons (Fsp3) is 0.405. The molecular weight excluding hydrogens is 661 g/mol. The number of rotatable bonds is 5. The Bertz CT molecular complexity index is 1550. The van der Waals surface area contributed by atoms with Gasteiger partial charge in [-0.05, 0) is 105 Å². The molecule has 6 fully saturated rings. The van der Waals surface area contributed by atoms with E-state index in [-0.39, 0.29) is 0 Å². The minimum atomic E-state index is 0.493. The van der Waals surface area contributed by atoms with Gasteiger partial charge in [-0.15, -0.1) is 34.4 Å². The van der Waals surface area contributed by atoms with Crippen molar-refractivity contribution in [3.05, 3.63) is 94.7 Å². The third-order valence-corrected chi connectivity index (χ3v) is 14.0. The lowest BCUT2D eigenvalue weighted by Crippen LogP contribution is -2.57. The van der Waals surface area contributed by atoms with E-state index in [1.807, 2.05) is 12.3 Å². The summed E-state index contributed by atoms with van der Waals surface area (Å²) in [5.74, 6) is 1.66. The number of thiophene rings is 2. The SMILES string of the molecule is CSC(=S)c1ccc(-c2ccccc2)s1.N[C@H]1CN2CCC1CC2.S=C(N[C@H]1CN2CCC1CC2)c1ccc(-c2ccccc2)s1. The van der Waals surface area contributed by atoms with Gasteiger partial charge in [0.2, 0.25) is 0 Å². The van der Waals surface area contributed by atoms with E-state index in [4.69, 9.17) is 30.2 Å².